The van der Waals surface area contributed by atoms with E-state index in [4.69, 9.17) is 0 Å². The second-order valence-corrected chi connectivity index (χ2v) is 4.05. The maximum Gasteiger partial charge on any atom is -0.0198 e. The van der Waals surface area contributed by atoms with Gasteiger partial charge in [0.25, 0.3) is 0 Å². The Balaban J connectivity index is 2.89. The zero-order valence-corrected chi connectivity index (χ0v) is 10.0. The lowest BCUT2D eigenvalue weighted by Gasteiger charge is -2.06. The first-order valence-corrected chi connectivity index (χ1v) is 5.57. The lowest BCUT2D eigenvalue weighted by molar-refractivity contribution is 0.930. The quantitative estimate of drug-likeness (QED) is 0.615. The number of hydrogen-bond acceptors (Lipinski definition) is 0. The van der Waals surface area contributed by atoms with Crippen molar-refractivity contribution in [1.29, 1.82) is 0 Å². The Hall–Kier alpha value is -1.30. The van der Waals surface area contributed by atoms with E-state index < -0.39 is 0 Å². The van der Waals surface area contributed by atoms with Gasteiger partial charge in [-0.2, -0.15) is 0 Å². The van der Waals surface area contributed by atoms with Gasteiger partial charge in [0, 0.05) is 0 Å². The average molecular weight is 200 g/mol. The molecule has 0 unspecified atom stereocenters. The summed E-state index contributed by atoms with van der Waals surface area (Å²) in [5, 5.41) is 0. The van der Waals surface area contributed by atoms with Crippen LogP contribution in [0.25, 0.3) is 5.57 Å². The van der Waals surface area contributed by atoms with Gasteiger partial charge in [0.15, 0.2) is 0 Å². The number of rotatable bonds is 4. The standard InChI is InChI=1S/C15H20/c1-5-8-12(2)11-14(4)15-10-7-6-9-13(15)3/h6-7,9-11H,2,5,8H2,1,3-4H3/b14-11+. The van der Waals surface area contributed by atoms with E-state index in [1.165, 1.54) is 22.3 Å². The molecule has 1 rings (SSSR count). The number of hydrogen-bond donors (Lipinski definition) is 0. The molecule has 15 heavy (non-hydrogen) atoms. The fourth-order valence-electron chi connectivity index (χ4n) is 1.79. The van der Waals surface area contributed by atoms with E-state index in [-0.39, 0.29) is 0 Å². The Kier molecular flexibility index (Phi) is 4.36. The minimum absolute atomic E-state index is 1.09. The molecule has 0 amide bonds. The van der Waals surface area contributed by atoms with E-state index in [0.717, 1.165) is 12.8 Å². The van der Waals surface area contributed by atoms with Crippen LogP contribution in [0.3, 0.4) is 0 Å². The summed E-state index contributed by atoms with van der Waals surface area (Å²) in [5.41, 5.74) is 5.19. The van der Waals surface area contributed by atoms with Crippen LogP contribution in [0.2, 0.25) is 0 Å². The minimum atomic E-state index is 1.09. The highest BCUT2D eigenvalue weighted by Gasteiger charge is 1.99. The summed E-state index contributed by atoms with van der Waals surface area (Å²) in [5.74, 6) is 0. The Morgan fingerprint density at radius 3 is 2.60 bits per heavy atom. The Bertz CT molecular complexity index is 369. The van der Waals surface area contributed by atoms with Gasteiger partial charge in [0.2, 0.25) is 0 Å². The highest BCUT2D eigenvalue weighted by atomic mass is 14.0. The van der Waals surface area contributed by atoms with E-state index >= 15 is 0 Å². The van der Waals surface area contributed by atoms with Crippen molar-refractivity contribution in [3.8, 4) is 0 Å². The molecule has 0 radical (unpaired) electrons. The SMILES string of the molecule is C=C(/C=C(\C)c1ccccc1C)CCC. The van der Waals surface area contributed by atoms with Crippen molar-refractivity contribution < 1.29 is 0 Å². The molecule has 0 heteroatoms. The molecule has 80 valence electrons. The summed E-state index contributed by atoms with van der Waals surface area (Å²) >= 11 is 0. The molecule has 0 atom stereocenters. The molecule has 1 aromatic carbocycles. The summed E-state index contributed by atoms with van der Waals surface area (Å²) in [6.07, 6.45) is 4.45. The molecule has 0 spiro atoms. The van der Waals surface area contributed by atoms with Gasteiger partial charge in [-0.3, -0.25) is 0 Å². The highest BCUT2D eigenvalue weighted by molar-refractivity contribution is 5.68. The number of benzene rings is 1. The third-order valence-corrected chi connectivity index (χ3v) is 2.56. The first-order valence-electron chi connectivity index (χ1n) is 5.57. The molecule has 0 aliphatic rings. The van der Waals surface area contributed by atoms with E-state index in [2.05, 4.69) is 57.7 Å². The van der Waals surface area contributed by atoms with Crippen LogP contribution < -0.4 is 0 Å². The zero-order valence-electron chi connectivity index (χ0n) is 10.0. The lowest BCUT2D eigenvalue weighted by Crippen LogP contribution is -1.86. The van der Waals surface area contributed by atoms with Crippen molar-refractivity contribution in [2.45, 2.75) is 33.6 Å². The largest absolute Gasteiger partial charge is 0.0958 e. The predicted molar refractivity (Wildman–Crippen MR) is 68.9 cm³/mol. The van der Waals surface area contributed by atoms with Gasteiger partial charge in [-0.15, -0.1) is 0 Å². The first-order chi connectivity index (χ1) is 7.15. The summed E-state index contributed by atoms with van der Waals surface area (Å²) in [7, 11) is 0. The molecule has 0 saturated heterocycles. The van der Waals surface area contributed by atoms with Gasteiger partial charge < -0.3 is 0 Å². The molecule has 0 saturated carbocycles. The van der Waals surface area contributed by atoms with Crippen molar-refractivity contribution >= 4 is 5.57 Å². The molecule has 0 aliphatic heterocycles. The van der Waals surface area contributed by atoms with Crippen molar-refractivity contribution in [2.24, 2.45) is 0 Å². The Morgan fingerprint density at radius 1 is 1.33 bits per heavy atom. The van der Waals surface area contributed by atoms with Crippen LogP contribution in [-0.4, -0.2) is 0 Å². The minimum Gasteiger partial charge on any atom is -0.0958 e. The van der Waals surface area contributed by atoms with Crippen LogP contribution in [0, 0.1) is 6.92 Å². The summed E-state index contributed by atoms with van der Waals surface area (Å²) in [4.78, 5) is 0. The molecule has 0 bridgehead atoms. The molecule has 0 aliphatic carbocycles. The van der Waals surface area contributed by atoms with Crippen LogP contribution in [0.5, 0.6) is 0 Å². The number of aryl methyl sites for hydroxylation is 1. The van der Waals surface area contributed by atoms with Gasteiger partial charge in [0.1, 0.15) is 0 Å². The lowest BCUT2D eigenvalue weighted by atomic mass is 9.99. The van der Waals surface area contributed by atoms with Crippen LogP contribution in [0.15, 0.2) is 42.5 Å². The predicted octanol–water partition coefficient (Wildman–Crippen LogP) is 4.75. The fraction of sp³-hybridized carbons (Fsp3) is 0.333. The molecule has 0 nitrogen and oxygen atoms in total. The molecule has 0 N–H and O–H groups in total. The average Bonchev–Trinajstić information content (AvgIpc) is 2.18. The van der Waals surface area contributed by atoms with Gasteiger partial charge in [-0.05, 0) is 37.0 Å². The third kappa shape index (κ3) is 3.39. The molecule has 0 aromatic heterocycles. The highest BCUT2D eigenvalue weighted by Crippen LogP contribution is 2.20. The van der Waals surface area contributed by atoms with E-state index in [0.29, 0.717) is 0 Å². The van der Waals surface area contributed by atoms with E-state index in [9.17, 15) is 0 Å². The third-order valence-electron chi connectivity index (χ3n) is 2.56. The smallest absolute Gasteiger partial charge is 0.0198 e. The van der Waals surface area contributed by atoms with E-state index in [1.807, 2.05) is 0 Å². The summed E-state index contributed by atoms with van der Waals surface area (Å²) < 4.78 is 0. The van der Waals surface area contributed by atoms with Gasteiger partial charge in [0.05, 0.1) is 0 Å². The molecular formula is C15H20. The van der Waals surface area contributed by atoms with Crippen molar-refractivity contribution in [2.75, 3.05) is 0 Å². The van der Waals surface area contributed by atoms with Crippen molar-refractivity contribution in [3.05, 3.63) is 53.6 Å². The van der Waals surface area contributed by atoms with Gasteiger partial charge in [-0.25, -0.2) is 0 Å². The first kappa shape index (κ1) is 11.8. The van der Waals surface area contributed by atoms with Crippen LogP contribution in [0.4, 0.5) is 0 Å². The van der Waals surface area contributed by atoms with Gasteiger partial charge >= 0.3 is 0 Å². The molecule has 1 aromatic rings. The molecule has 0 fully saturated rings. The van der Waals surface area contributed by atoms with Crippen LogP contribution in [0.1, 0.15) is 37.8 Å². The maximum atomic E-state index is 4.06. The Morgan fingerprint density at radius 2 is 2.00 bits per heavy atom. The van der Waals surface area contributed by atoms with E-state index in [1.54, 1.807) is 0 Å². The zero-order chi connectivity index (χ0) is 11.3. The topological polar surface area (TPSA) is 0 Å². The molecule has 0 heterocycles. The Labute approximate surface area is 93.3 Å². The molecular weight excluding hydrogens is 180 g/mol. The van der Waals surface area contributed by atoms with Gasteiger partial charge in [-0.1, -0.05) is 55.8 Å². The van der Waals surface area contributed by atoms with Crippen LogP contribution >= 0.6 is 0 Å². The maximum absolute atomic E-state index is 4.06. The van der Waals surface area contributed by atoms with Crippen LogP contribution in [-0.2, 0) is 0 Å². The second kappa shape index (κ2) is 5.55. The fourth-order valence-corrected chi connectivity index (χ4v) is 1.79. The number of allylic oxidation sites excluding steroid dienone is 3. The summed E-state index contributed by atoms with van der Waals surface area (Å²) in [6.45, 7) is 10.5. The summed E-state index contributed by atoms with van der Waals surface area (Å²) in [6, 6.07) is 8.48. The van der Waals surface area contributed by atoms with Crippen molar-refractivity contribution in [3.63, 3.8) is 0 Å². The monoisotopic (exact) mass is 200 g/mol. The normalized spacial score (nSPS) is 11.5. The van der Waals surface area contributed by atoms with Crippen molar-refractivity contribution in [1.82, 2.24) is 0 Å². The second-order valence-electron chi connectivity index (χ2n) is 4.05.